The van der Waals surface area contributed by atoms with E-state index in [1.165, 1.54) is 10.5 Å². The molecule has 3 N–H and O–H groups in total. The molecule has 0 saturated carbocycles. The number of nitrogens with one attached hydrogen (secondary N) is 3. The van der Waals surface area contributed by atoms with Crippen molar-refractivity contribution in [3.8, 4) is 0 Å². The van der Waals surface area contributed by atoms with E-state index in [0.717, 1.165) is 81.7 Å². The van der Waals surface area contributed by atoms with Crippen molar-refractivity contribution >= 4 is 50.2 Å². The van der Waals surface area contributed by atoms with Gasteiger partial charge in [0.25, 0.3) is 12.0 Å². The number of hydrogen-bond donors (Lipinski definition) is 3. The van der Waals surface area contributed by atoms with Gasteiger partial charge in [-0.1, -0.05) is 18.2 Å². The van der Waals surface area contributed by atoms with Gasteiger partial charge in [0.15, 0.2) is 0 Å². The number of imide groups is 1. The van der Waals surface area contributed by atoms with Gasteiger partial charge in [0.05, 0.1) is 16.4 Å². The molecule has 4 fully saturated rings. The van der Waals surface area contributed by atoms with Crippen LogP contribution in [-0.4, -0.2) is 109 Å². The molecule has 6 heterocycles. The number of hydrogen-bond acceptors (Lipinski definition) is 11. The number of carbonyl (C=O) groups is 2. The maximum absolute atomic E-state index is 13.8. The number of piperidine rings is 3. The molecule has 0 spiro atoms. The highest BCUT2D eigenvalue weighted by Crippen LogP contribution is 2.30. The molecule has 0 aliphatic carbocycles. The first kappa shape index (κ1) is 38.9. The number of carbonyl (C=O) groups excluding carboxylic acids is 2. The number of aromatic amines is 1. The Balaban J connectivity index is 0.789. The summed E-state index contributed by atoms with van der Waals surface area (Å²) in [5, 5.41) is 5.94. The molecule has 14 nitrogen and oxygen atoms in total. The number of nitrogens with zero attached hydrogens (tertiary/aromatic N) is 6. The van der Waals surface area contributed by atoms with Crippen LogP contribution in [0, 0.1) is 5.92 Å². The first-order valence-electron chi connectivity index (χ1n) is 19.7. The molecule has 1 unspecified atom stereocenters. The Labute approximate surface area is 329 Å². The SMILES string of the molecule is O=C1CCC(c2ccc(N3CCC(CN4CCN(c5cccc(S(=O)(=O)N6CCC(Nc7ncc8cc(C(F)F)c(=O)[nH]c8n7)CC6)c5)CC4)CC3)cc2)C(=O)N1. The molecule has 4 saturated heterocycles. The van der Waals surface area contributed by atoms with Gasteiger partial charge in [0.2, 0.25) is 27.8 Å². The number of piperazine rings is 1. The van der Waals surface area contributed by atoms with E-state index in [1.54, 1.807) is 12.1 Å². The summed E-state index contributed by atoms with van der Waals surface area (Å²) < 4.78 is 55.3. The number of benzene rings is 2. The Morgan fingerprint density at radius 3 is 2.25 bits per heavy atom. The maximum Gasteiger partial charge on any atom is 0.269 e. The van der Waals surface area contributed by atoms with E-state index in [-0.39, 0.29) is 40.3 Å². The van der Waals surface area contributed by atoms with Gasteiger partial charge >= 0.3 is 0 Å². The second kappa shape index (κ2) is 16.5. The fourth-order valence-electron chi connectivity index (χ4n) is 8.51. The molecule has 1 atom stereocenters. The second-order valence-electron chi connectivity index (χ2n) is 15.5. The van der Waals surface area contributed by atoms with Crippen LogP contribution in [0.2, 0.25) is 0 Å². The summed E-state index contributed by atoms with van der Waals surface area (Å²) in [7, 11) is -3.73. The number of pyridine rings is 1. The summed E-state index contributed by atoms with van der Waals surface area (Å²) in [4.78, 5) is 54.2. The molecule has 0 bridgehead atoms. The molecule has 17 heteroatoms. The Morgan fingerprint density at radius 1 is 0.825 bits per heavy atom. The molecule has 2 aromatic heterocycles. The first-order chi connectivity index (χ1) is 27.5. The van der Waals surface area contributed by atoms with Gasteiger partial charge in [-0.25, -0.2) is 22.2 Å². The maximum atomic E-state index is 13.8. The Bertz CT molecular complexity index is 2270. The smallest absolute Gasteiger partial charge is 0.269 e. The fourth-order valence-corrected chi connectivity index (χ4v) is 10.0. The molecule has 4 aliphatic rings. The van der Waals surface area contributed by atoms with Crippen molar-refractivity contribution < 1.29 is 26.8 Å². The van der Waals surface area contributed by atoms with Gasteiger partial charge in [-0.2, -0.15) is 9.29 Å². The van der Waals surface area contributed by atoms with Gasteiger partial charge in [-0.05, 0) is 80.0 Å². The third-order valence-corrected chi connectivity index (χ3v) is 13.8. The Morgan fingerprint density at radius 2 is 1.54 bits per heavy atom. The normalized spacial score (nSPS) is 21.0. The van der Waals surface area contributed by atoms with Crippen LogP contribution in [-0.2, 0) is 19.6 Å². The molecule has 302 valence electrons. The average molecular weight is 804 g/mol. The van der Waals surface area contributed by atoms with Crippen LogP contribution < -0.4 is 26.0 Å². The number of alkyl halides is 2. The molecule has 2 amide bonds. The fraction of sp³-hybridized carbons (Fsp3) is 0.475. The van der Waals surface area contributed by atoms with Crippen LogP contribution in [0.1, 0.15) is 62.0 Å². The van der Waals surface area contributed by atoms with E-state index in [9.17, 15) is 31.6 Å². The number of sulfonamides is 1. The van der Waals surface area contributed by atoms with Crippen molar-refractivity contribution in [2.45, 2.75) is 61.8 Å². The van der Waals surface area contributed by atoms with Crippen molar-refractivity contribution in [2.24, 2.45) is 5.92 Å². The largest absolute Gasteiger partial charge is 0.372 e. The summed E-state index contributed by atoms with van der Waals surface area (Å²) in [6, 6.07) is 16.4. The highest BCUT2D eigenvalue weighted by Gasteiger charge is 2.32. The van der Waals surface area contributed by atoms with E-state index in [4.69, 9.17) is 0 Å². The average Bonchev–Trinajstić information content (AvgIpc) is 3.21. The number of amides is 2. The van der Waals surface area contributed by atoms with Crippen LogP contribution in [0.15, 0.2) is 70.5 Å². The predicted octanol–water partition coefficient (Wildman–Crippen LogP) is 4.08. The quantitative estimate of drug-likeness (QED) is 0.198. The van der Waals surface area contributed by atoms with Crippen LogP contribution in [0.5, 0.6) is 0 Å². The lowest BCUT2D eigenvalue weighted by Gasteiger charge is -2.40. The minimum atomic E-state index is -3.73. The lowest BCUT2D eigenvalue weighted by molar-refractivity contribution is -0.134. The number of halogens is 2. The van der Waals surface area contributed by atoms with Crippen molar-refractivity contribution in [3.63, 3.8) is 0 Å². The number of anilines is 3. The van der Waals surface area contributed by atoms with Crippen LogP contribution in [0.4, 0.5) is 26.1 Å². The van der Waals surface area contributed by atoms with Crippen molar-refractivity contribution in [3.05, 3.63) is 82.3 Å². The van der Waals surface area contributed by atoms with Crippen LogP contribution in [0.25, 0.3) is 11.0 Å². The van der Waals surface area contributed by atoms with Crippen LogP contribution >= 0.6 is 0 Å². The minimum absolute atomic E-state index is 0.109. The topological polar surface area (TPSA) is 164 Å². The third-order valence-electron chi connectivity index (χ3n) is 11.9. The summed E-state index contributed by atoms with van der Waals surface area (Å²) in [6.07, 6.45) is 2.64. The van der Waals surface area contributed by atoms with Gasteiger partial charge in [-0.15, -0.1) is 0 Å². The standard InChI is InChI=1S/C40H47F2N9O5S/c41-36(42)34-22-28-24-43-40(47-37(28)46-39(34)54)44-29-12-16-51(17-13-29)57(55,56)32-3-1-2-31(23-32)50-20-18-48(19-21-50)25-26-10-14-49(15-11-26)30-6-4-27(5-7-30)33-8-9-35(52)45-38(33)53/h1-7,22-24,26,29,33,36H,8-21,25H2,(H,45,52,53)(H2,43,44,46,47,54). The molecule has 4 aliphatic heterocycles. The molecule has 2 aromatic carbocycles. The number of aromatic nitrogens is 3. The summed E-state index contributed by atoms with van der Waals surface area (Å²) in [6.45, 7) is 7.07. The van der Waals surface area contributed by atoms with Gasteiger partial charge in [0.1, 0.15) is 5.65 Å². The number of rotatable bonds is 10. The molecule has 0 radical (unpaired) electrons. The summed E-state index contributed by atoms with van der Waals surface area (Å²) in [5.74, 6) is 0.161. The first-order valence-corrected chi connectivity index (χ1v) is 21.1. The molecular formula is C40H47F2N9O5S. The Kier molecular flexibility index (Phi) is 11.2. The van der Waals surface area contributed by atoms with E-state index >= 15 is 0 Å². The van der Waals surface area contributed by atoms with Gasteiger partial charge < -0.3 is 20.1 Å². The van der Waals surface area contributed by atoms with E-state index in [2.05, 4.69) is 52.4 Å². The Hall–Kier alpha value is -5.00. The van der Waals surface area contributed by atoms with Crippen molar-refractivity contribution in [1.29, 1.82) is 0 Å². The zero-order valence-electron chi connectivity index (χ0n) is 31.6. The van der Waals surface area contributed by atoms with E-state index in [0.29, 0.717) is 50.1 Å². The van der Waals surface area contributed by atoms with Crippen molar-refractivity contribution in [1.82, 2.24) is 29.5 Å². The number of H-pyrrole nitrogens is 1. The lowest BCUT2D eigenvalue weighted by Crippen LogP contribution is -2.49. The third kappa shape index (κ3) is 8.65. The zero-order valence-corrected chi connectivity index (χ0v) is 32.4. The highest BCUT2D eigenvalue weighted by molar-refractivity contribution is 7.89. The monoisotopic (exact) mass is 803 g/mol. The van der Waals surface area contributed by atoms with Crippen LogP contribution in [0.3, 0.4) is 0 Å². The van der Waals surface area contributed by atoms with E-state index in [1.807, 2.05) is 24.3 Å². The van der Waals surface area contributed by atoms with Gasteiger partial charge in [0, 0.05) is 94.3 Å². The number of fused-ring (bicyclic) bond motifs is 1. The molecule has 4 aromatic rings. The second-order valence-corrected chi connectivity index (χ2v) is 17.4. The highest BCUT2D eigenvalue weighted by atomic mass is 32.2. The van der Waals surface area contributed by atoms with Gasteiger partial charge in [-0.3, -0.25) is 24.6 Å². The van der Waals surface area contributed by atoms with E-state index < -0.39 is 27.6 Å². The lowest BCUT2D eigenvalue weighted by atomic mass is 9.90. The zero-order chi connectivity index (χ0) is 39.7. The predicted molar refractivity (Wildman–Crippen MR) is 212 cm³/mol. The van der Waals surface area contributed by atoms with Crippen molar-refractivity contribution in [2.75, 3.05) is 74.0 Å². The summed E-state index contributed by atoms with van der Waals surface area (Å²) in [5.41, 5.74) is 1.63. The molecular weight excluding hydrogens is 757 g/mol. The summed E-state index contributed by atoms with van der Waals surface area (Å²) >= 11 is 0. The molecule has 8 rings (SSSR count). The minimum Gasteiger partial charge on any atom is -0.372 e. The molecule has 57 heavy (non-hydrogen) atoms.